The van der Waals surface area contributed by atoms with Crippen molar-refractivity contribution in [3.63, 3.8) is 0 Å². The molecule has 0 fully saturated rings. The lowest BCUT2D eigenvalue weighted by Gasteiger charge is -2.03. The normalized spacial score (nSPS) is 10.5. The Kier molecular flexibility index (Phi) is 16.8. The van der Waals surface area contributed by atoms with Crippen LogP contribution in [-0.4, -0.2) is 25.0 Å². The monoisotopic (exact) mass is 340 g/mol. The number of hydrogen-bond acceptors (Lipinski definition) is 2. The summed E-state index contributed by atoms with van der Waals surface area (Å²) < 4.78 is 0. The van der Waals surface area contributed by atoms with Gasteiger partial charge < -0.3 is 22.9 Å². The molecule has 0 heterocycles. The zero-order valence-electron chi connectivity index (χ0n) is 15.5. The predicted octanol–water partition coefficient (Wildman–Crippen LogP) is 2.99. The van der Waals surface area contributed by atoms with Gasteiger partial charge in [0.1, 0.15) is 0 Å². The molecular weight excluding hydrogens is 300 g/mol. The molecule has 0 rings (SSSR count). The molecule has 142 valence electrons. The lowest BCUT2D eigenvalue weighted by molar-refractivity contribution is 0.535. The van der Waals surface area contributed by atoms with Crippen LogP contribution < -0.4 is 22.9 Å². The Morgan fingerprint density at radius 3 is 0.792 bits per heavy atom. The molecule has 0 bridgehead atoms. The highest BCUT2D eigenvalue weighted by Crippen LogP contribution is 2.13. The van der Waals surface area contributed by atoms with Crippen molar-refractivity contribution < 1.29 is 0 Å². The zero-order chi connectivity index (χ0) is 17.9. The molecule has 0 aromatic heterocycles. The Morgan fingerprint density at radius 1 is 0.375 bits per heavy atom. The van der Waals surface area contributed by atoms with Gasteiger partial charge in [0, 0.05) is 13.1 Å². The summed E-state index contributed by atoms with van der Waals surface area (Å²) in [5.41, 5.74) is 21.1. The maximum absolute atomic E-state index is 5.28. The third-order valence-corrected chi connectivity index (χ3v) is 4.15. The van der Waals surface area contributed by atoms with Crippen molar-refractivity contribution in [2.24, 2.45) is 32.9 Å². The molecule has 0 aliphatic rings. The topological polar surface area (TPSA) is 129 Å². The molecule has 8 N–H and O–H groups in total. The first-order valence-electron chi connectivity index (χ1n) is 9.73. The number of rotatable bonds is 17. The van der Waals surface area contributed by atoms with E-state index in [4.69, 9.17) is 22.9 Å². The Hall–Kier alpha value is -1.46. The number of aliphatic imine (C=N–C) groups is 2. The van der Waals surface area contributed by atoms with E-state index < -0.39 is 0 Å². The summed E-state index contributed by atoms with van der Waals surface area (Å²) >= 11 is 0. The summed E-state index contributed by atoms with van der Waals surface area (Å²) in [6.07, 6.45) is 18.2. The van der Waals surface area contributed by atoms with Crippen LogP contribution in [0.15, 0.2) is 9.98 Å². The minimum absolute atomic E-state index is 0.209. The van der Waals surface area contributed by atoms with Gasteiger partial charge in [0.15, 0.2) is 11.9 Å². The summed E-state index contributed by atoms with van der Waals surface area (Å²) in [5.74, 6) is 0.418. The van der Waals surface area contributed by atoms with Crippen molar-refractivity contribution in [1.82, 2.24) is 0 Å². The molecule has 6 nitrogen and oxygen atoms in total. The second kappa shape index (κ2) is 17.9. The van der Waals surface area contributed by atoms with Crippen LogP contribution in [0.4, 0.5) is 0 Å². The van der Waals surface area contributed by atoms with Crippen molar-refractivity contribution in [2.45, 2.75) is 89.9 Å². The molecular formula is C18H40N6. The summed E-state index contributed by atoms with van der Waals surface area (Å²) in [6.45, 7) is 1.55. The first-order valence-corrected chi connectivity index (χ1v) is 9.73. The lowest BCUT2D eigenvalue weighted by Crippen LogP contribution is -2.22. The van der Waals surface area contributed by atoms with E-state index in [2.05, 4.69) is 9.98 Å². The summed E-state index contributed by atoms with van der Waals surface area (Å²) in [5, 5.41) is 0. The van der Waals surface area contributed by atoms with Gasteiger partial charge in [-0.05, 0) is 12.8 Å². The minimum atomic E-state index is 0.209. The van der Waals surface area contributed by atoms with Crippen LogP contribution >= 0.6 is 0 Å². The van der Waals surface area contributed by atoms with E-state index in [9.17, 15) is 0 Å². The van der Waals surface area contributed by atoms with Crippen molar-refractivity contribution >= 4 is 11.9 Å². The van der Waals surface area contributed by atoms with Crippen LogP contribution in [0.5, 0.6) is 0 Å². The van der Waals surface area contributed by atoms with Gasteiger partial charge in [-0.3, -0.25) is 9.98 Å². The van der Waals surface area contributed by atoms with E-state index in [0.717, 1.165) is 25.9 Å². The SMILES string of the molecule is NC(N)=NCCCCCCCCCCCCCCCCN=C(N)N. The fourth-order valence-corrected chi connectivity index (χ4v) is 2.76. The van der Waals surface area contributed by atoms with E-state index in [1.54, 1.807) is 0 Å². The number of guanidine groups is 2. The first-order chi connectivity index (χ1) is 11.6. The van der Waals surface area contributed by atoms with Gasteiger partial charge in [-0.25, -0.2) is 0 Å². The highest BCUT2D eigenvalue weighted by Gasteiger charge is 1.94. The molecule has 0 amide bonds. The molecule has 0 aliphatic carbocycles. The summed E-state index contributed by atoms with van der Waals surface area (Å²) in [4.78, 5) is 7.98. The van der Waals surface area contributed by atoms with Crippen LogP contribution in [0.3, 0.4) is 0 Å². The number of nitrogens with two attached hydrogens (primary N) is 4. The van der Waals surface area contributed by atoms with Crippen LogP contribution in [0.1, 0.15) is 89.9 Å². The molecule has 0 saturated carbocycles. The average Bonchev–Trinajstić information content (AvgIpc) is 2.53. The molecule has 0 unspecified atom stereocenters. The average molecular weight is 341 g/mol. The zero-order valence-corrected chi connectivity index (χ0v) is 15.5. The third kappa shape index (κ3) is 20.5. The minimum Gasteiger partial charge on any atom is -0.370 e. The summed E-state index contributed by atoms with van der Waals surface area (Å²) in [6, 6.07) is 0. The number of unbranched alkanes of at least 4 members (excludes halogenated alkanes) is 13. The van der Waals surface area contributed by atoms with Gasteiger partial charge in [-0.1, -0.05) is 77.0 Å². The fourth-order valence-electron chi connectivity index (χ4n) is 2.76. The van der Waals surface area contributed by atoms with E-state index in [0.29, 0.717) is 0 Å². The van der Waals surface area contributed by atoms with Gasteiger partial charge in [0.25, 0.3) is 0 Å². The predicted molar refractivity (Wildman–Crippen MR) is 106 cm³/mol. The standard InChI is InChI=1S/C18H40N6/c19-17(20)23-15-13-11-9-7-5-3-1-2-4-6-8-10-12-14-16-24-18(21)22/h1-16H2,(H4,19,20,23)(H4,21,22,24). The maximum atomic E-state index is 5.28. The molecule has 6 heteroatoms. The first kappa shape index (κ1) is 22.5. The smallest absolute Gasteiger partial charge is 0.185 e. The van der Waals surface area contributed by atoms with Gasteiger partial charge in [0.2, 0.25) is 0 Å². The van der Waals surface area contributed by atoms with Crippen LogP contribution in [0, 0.1) is 0 Å². The molecule has 0 radical (unpaired) electrons. The highest BCUT2D eigenvalue weighted by molar-refractivity contribution is 5.75. The number of hydrogen-bond donors (Lipinski definition) is 4. The Labute approximate surface area is 148 Å². The fraction of sp³-hybridized carbons (Fsp3) is 0.889. The number of nitrogens with zero attached hydrogens (tertiary/aromatic N) is 2. The van der Waals surface area contributed by atoms with Crippen molar-refractivity contribution in [2.75, 3.05) is 13.1 Å². The van der Waals surface area contributed by atoms with Gasteiger partial charge in [-0.15, -0.1) is 0 Å². The lowest BCUT2D eigenvalue weighted by atomic mass is 10.0. The van der Waals surface area contributed by atoms with Crippen molar-refractivity contribution in [3.05, 3.63) is 0 Å². The second-order valence-corrected chi connectivity index (χ2v) is 6.56. The Balaban J connectivity index is 3.05. The molecule has 0 aromatic carbocycles. The quantitative estimate of drug-likeness (QED) is 0.184. The molecule has 0 atom stereocenters. The van der Waals surface area contributed by atoms with Crippen LogP contribution in [0.25, 0.3) is 0 Å². The Morgan fingerprint density at radius 2 is 0.583 bits per heavy atom. The highest BCUT2D eigenvalue weighted by atomic mass is 15.0. The van der Waals surface area contributed by atoms with Crippen LogP contribution in [-0.2, 0) is 0 Å². The molecule has 0 aliphatic heterocycles. The van der Waals surface area contributed by atoms with Gasteiger partial charge in [-0.2, -0.15) is 0 Å². The third-order valence-electron chi connectivity index (χ3n) is 4.15. The molecule has 0 saturated heterocycles. The molecule has 0 spiro atoms. The largest absolute Gasteiger partial charge is 0.370 e. The van der Waals surface area contributed by atoms with Crippen molar-refractivity contribution in [1.29, 1.82) is 0 Å². The molecule has 24 heavy (non-hydrogen) atoms. The maximum Gasteiger partial charge on any atom is 0.185 e. The van der Waals surface area contributed by atoms with E-state index in [-0.39, 0.29) is 11.9 Å². The van der Waals surface area contributed by atoms with Gasteiger partial charge in [0.05, 0.1) is 0 Å². The second-order valence-electron chi connectivity index (χ2n) is 6.56. The van der Waals surface area contributed by atoms with Crippen LogP contribution in [0.2, 0.25) is 0 Å². The molecule has 0 aromatic rings. The van der Waals surface area contributed by atoms with Crippen molar-refractivity contribution in [3.8, 4) is 0 Å². The Bertz CT molecular complexity index is 287. The van der Waals surface area contributed by atoms with Gasteiger partial charge >= 0.3 is 0 Å². The van der Waals surface area contributed by atoms with E-state index >= 15 is 0 Å². The van der Waals surface area contributed by atoms with E-state index in [1.807, 2.05) is 0 Å². The van der Waals surface area contributed by atoms with E-state index in [1.165, 1.54) is 77.0 Å². The summed E-state index contributed by atoms with van der Waals surface area (Å²) in [7, 11) is 0.